The quantitative estimate of drug-likeness (QED) is 0.495. The van der Waals surface area contributed by atoms with E-state index in [1.54, 1.807) is 0 Å². The van der Waals surface area contributed by atoms with Crippen LogP contribution in [0.4, 0.5) is 0 Å². The molecule has 0 bridgehead atoms. The fourth-order valence-electron chi connectivity index (χ4n) is 2.91. The molecule has 25 heavy (non-hydrogen) atoms. The molecule has 0 atom stereocenters. The second kappa shape index (κ2) is 8.74. The SMILES string of the molecule is CNCCCOc1ccc2[nH]c3ccc(OCCCNC)cc3c2c1. The predicted octanol–water partition coefficient (Wildman–Crippen LogP) is 3.30. The van der Waals surface area contributed by atoms with E-state index in [2.05, 4.69) is 39.9 Å². The minimum absolute atomic E-state index is 0.717. The van der Waals surface area contributed by atoms with Crippen molar-refractivity contribution in [2.45, 2.75) is 12.8 Å². The summed E-state index contributed by atoms with van der Waals surface area (Å²) in [7, 11) is 3.91. The first kappa shape index (κ1) is 17.6. The molecule has 0 aliphatic carbocycles. The van der Waals surface area contributed by atoms with Crippen LogP contribution in [-0.4, -0.2) is 45.4 Å². The number of aromatic nitrogens is 1. The van der Waals surface area contributed by atoms with Crippen molar-refractivity contribution >= 4 is 21.8 Å². The van der Waals surface area contributed by atoms with Crippen molar-refractivity contribution in [3.63, 3.8) is 0 Å². The highest BCUT2D eigenvalue weighted by Gasteiger charge is 2.07. The van der Waals surface area contributed by atoms with E-state index >= 15 is 0 Å². The van der Waals surface area contributed by atoms with E-state index in [0.717, 1.165) is 48.5 Å². The van der Waals surface area contributed by atoms with Gasteiger partial charge < -0.3 is 25.1 Å². The topological polar surface area (TPSA) is 58.3 Å². The Hall–Kier alpha value is -2.24. The summed E-state index contributed by atoms with van der Waals surface area (Å²) >= 11 is 0. The van der Waals surface area contributed by atoms with Crippen molar-refractivity contribution in [1.29, 1.82) is 0 Å². The maximum Gasteiger partial charge on any atom is 0.120 e. The third-order valence-electron chi connectivity index (χ3n) is 4.22. The third kappa shape index (κ3) is 4.44. The first-order valence-corrected chi connectivity index (χ1v) is 8.92. The molecule has 2 aromatic carbocycles. The lowest BCUT2D eigenvalue weighted by Crippen LogP contribution is -2.11. The van der Waals surface area contributed by atoms with Crippen LogP contribution in [0.3, 0.4) is 0 Å². The Labute approximate surface area is 148 Å². The van der Waals surface area contributed by atoms with Crippen molar-refractivity contribution in [3.05, 3.63) is 36.4 Å². The van der Waals surface area contributed by atoms with Gasteiger partial charge in [-0.2, -0.15) is 0 Å². The van der Waals surface area contributed by atoms with Crippen LogP contribution < -0.4 is 20.1 Å². The summed E-state index contributed by atoms with van der Waals surface area (Å²) in [6, 6.07) is 12.4. The average molecular weight is 341 g/mol. The van der Waals surface area contributed by atoms with Crippen LogP contribution in [0.2, 0.25) is 0 Å². The molecule has 0 aliphatic heterocycles. The molecule has 3 aromatic rings. The molecule has 5 nitrogen and oxygen atoms in total. The number of nitrogens with one attached hydrogen (secondary N) is 3. The van der Waals surface area contributed by atoms with Gasteiger partial charge in [-0.25, -0.2) is 0 Å². The predicted molar refractivity (Wildman–Crippen MR) is 104 cm³/mol. The average Bonchev–Trinajstić information content (AvgIpc) is 3.00. The van der Waals surface area contributed by atoms with Crippen LogP contribution in [0, 0.1) is 0 Å². The van der Waals surface area contributed by atoms with Gasteiger partial charge in [0, 0.05) is 21.8 Å². The van der Waals surface area contributed by atoms with Crippen molar-refractivity contribution < 1.29 is 9.47 Å². The molecule has 0 spiro atoms. The number of rotatable bonds is 10. The lowest BCUT2D eigenvalue weighted by Gasteiger charge is -2.07. The molecule has 5 heteroatoms. The molecule has 3 rings (SSSR count). The van der Waals surface area contributed by atoms with Gasteiger partial charge in [0.2, 0.25) is 0 Å². The van der Waals surface area contributed by atoms with Gasteiger partial charge in [0.1, 0.15) is 11.5 Å². The minimum Gasteiger partial charge on any atom is -0.494 e. The molecule has 0 unspecified atom stereocenters. The van der Waals surface area contributed by atoms with Crippen LogP contribution in [0.15, 0.2) is 36.4 Å². The van der Waals surface area contributed by atoms with E-state index in [1.807, 2.05) is 26.2 Å². The third-order valence-corrected chi connectivity index (χ3v) is 4.22. The van der Waals surface area contributed by atoms with Crippen LogP contribution in [0.25, 0.3) is 21.8 Å². The summed E-state index contributed by atoms with van der Waals surface area (Å²) in [5, 5.41) is 8.60. The van der Waals surface area contributed by atoms with Crippen LogP contribution in [0.5, 0.6) is 11.5 Å². The Morgan fingerprint density at radius 2 is 1.24 bits per heavy atom. The highest BCUT2D eigenvalue weighted by Crippen LogP contribution is 2.31. The summed E-state index contributed by atoms with van der Waals surface area (Å²) in [4.78, 5) is 3.45. The van der Waals surface area contributed by atoms with Crippen LogP contribution >= 0.6 is 0 Å². The number of hydrogen-bond donors (Lipinski definition) is 3. The molecule has 0 saturated carbocycles. The van der Waals surface area contributed by atoms with Crippen molar-refractivity contribution in [3.8, 4) is 11.5 Å². The molecule has 1 heterocycles. The molecule has 134 valence electrons. The maximum atomic E-state index is 5.86. The van der Waals surface area contributed by atoms with Gasteiger partial charge in [0.15, 0.2) is 0 Å². The number of hydrogen-bond acceptors (Lipinski definition) is 4. The zero-order valence-electron chi connectivity index (χ0n) is 15.0. The van der Waals surface area contributed by atoms with Crippen molar-refractivity contribution in [2.75, 3.05) is 40.4 Å². The molecular formula is C20H27N3O2. The second-order valence-corrected chi connectivity index (χ2v) is 6.15. The maximum absolute atomic E-state index is 5.86. The van der Waals surface area contributed by atoms with Crippen molar-refractivity contribution in [1.82, 2.24) is 15.6 Å². The fourth-order valence-corrected chi connectivity index (χ4v) is 2.91. The lowest BCUT2D eigenvalue weighted by atomic mass is 10.1. The van der Waals surface area contributed by atoms with Gasteiger partial charge >= 0.3 is 0 Å². The molecular weight excluding hydrogens is 314 g/mol. The summed E-state index contributed by atoms with van der Waals surface area (Å²) in [6.07, 6.45) is 1.99. The Morgan fingerprint density at radius 3 is 1.68 bits per heavy atom. The van der Waals surface area contributed by atoms with Gasteiger partial charge in [-0.05, 0) is 76.4 Å². The Balaban J connectivity index is 1.77. The number of ether oxygens (including phenoxy) is 2. The highest BCUT2D eigenvalue weighted by molar-refractivity contribution is 6.08. The molecule has 1 aromatic heterocycles. The number of benzene rings is 2. The lowest BCUT2D eigenvalue weighted by molar-refractivity contribution is 0.310. The van der Waals surface area contributed by atoms with Gasteiger partial charge in [0.05, 0.1) is 13.2 Å². The Morgan fingerprint density at radius 1 is 0.760 bits per heavy atom. The van der Waals surface area contributed by atoms with E-state index in [-0.39, 0.29) is 0 Å². The molecule has 0 radical (unpaired) electrons. The number of aromatic amines is 1. The van der Waals surface area contributed by atoms with Gasteiger partial charge in [-0.1, -0.05) is 0 Å². The summed E-state index contributed by atoms with van der Waals surface area (Å²) < 4.78 is 11.7. The largest absolute Gasteiger partial charge is 0.494 e. The highest BCUT2D eigenvalue weighted by atomic mass is 16.5. The molecule has 0 amide bonds. The van der Waals surface area contributed by atoms with E-state index < -0.39 is 0 Å². The van der Waals surface area contributed by atoms with Gasteiger partial charge in [-0.15, -0.1) is 0 Å². The zero-order chi connectivity index (χ0) is 17.5. The summed E-state index contributed by atoms with van der Waals surface area (Å²) in [5.41, 5.74) is 2.23. The molecule has 0 saturated heterocycles. The summed E-state index contributed by atoms with van der Waals surface area (Å²) in [6.45, 7) is 3.36. The smallest absolute Gasteiger partial charge is 0.120 e. The molecule has 3 N–H and O–H groups in total. The first-order valence-electron chi connectivity index (χ1n) is 8.92. The van der Waals surface area contributed by atoms with Gasteiger partial charge in [-0.3, -0.25) is 0 Å². The normalized spacial score (nSPS) is 11.3. The van der Waals surface area contributed by atoms with E-state index in [1.165, 1.54) is 10.8 Å². The monoisotopic (exact) mass is 341 g/mol. The Bertz CT molecular complexity index is 747. The van der Waals surface area contributed by atoms with E-state index in [0.29, 0.717) is 13.2 Å². The number of fused-ring (bicyclic) bond motifs is 3. The number of H-pyrrole nitrogens is 1. The van der Waals surface area contributed by atoms with E-state index in [4.69, 9.17) is 9.47 Å². The molecule has 0 aliphatic rings. The minimum atomic E-state index is 0.717. The van der Waals surface area contributed by atoms with Crippen LogP contribution in [0.1, 0.15) is 12.8 Å². The van der Waals surface area contributed by atoms with Crippen LogP contribution in [-0.2, 0) is 0 Å². The zero-order valence-corrected chi connectivity index (χ0v) is 15.0. The molecule has 0 fully saturated rings. The van der Waals surface area contributed by atoms with Crippen molar-refractivity contribution in [2.24, 2.45) is 0 Å². The first-order chi connectivity index (χ1) is 12.3. The van der Waals surface area contributed by atoms with E-state index in [9.17, 15) is 0 Å². The standard InChI is InChI=1S/C20H27N3O2/c1-21-9-3-11-24-15-5-7-19-17(13-15)18-14-16(6-8-20(18)23-19)25-12-4-10-22-2/h5-8,13-14,21-23H,3-4,9-12H2,1-2H3. The fraction of sp³-hybridized carbons (Fsp3) is 0.400. The van der Waals surface area contributed by atoms with Gasteiger partial charge in [0.25, 0.3) is 0 Å². The Kier molecular flexibility index (Phi) is 6.14. The summed E-state index contributed by atoms with van der Waals surface area (Å²) in [5.74, 6) is 1.81. The second-order valence-electron chi connectivity index (χ2n) is 6.15.